The predicted octanol–water partition coefficient (Wildman–Crippen LogP) is 2.58. The normalized spacial score (nSPS) is 18.6. The summed E-state index contributed by atoms with van der Waals surface area (Å²) in [5.74, 6) is 1.95. The fraction of sp³-hybridized carbons (Fsp3) is 0.368. The number of rotatable bonds is 4. The number of hydrogen-bond donors (Lipinski definition) is 1. The molecule has 1 saturated heterocycles. The van der Waals surface area contributed by atoms with Crippen molar-refractivity contribution >= 4 is 16.9 Å². The van der Waals surface area contributed by atoms with Gasteiger partial charge in [-0.3, -0.25) is 4.90 Å². The van der Waals surface area contributed by atoms with Crippen molar-refractivity contribution in [2.75, 3.05) is 32.1 Å². The van der Waals surface area contributed by atoms with Crippen LogP contribution in [0.1, 0.15) is 17.6 Å². The van der Waals surface area contributed by atoms with Crippen molar-refractivity contribution in [1.82, 2.24) is 19.4 Å². The molecule has 1 aliphatic heterocycles. The van der Waals surface area contributed by atoms with E-state index in [0.29, 0.717) is 6.61 Å². The quantitative estimate of drug-likeness (QED) is 0.793. The molecule has 0 unspecified atom stereocenters. The number of ether oxygens (including phenoxy) is 1. The standard InChI is InChI=1S/C19H23N5O/c1-20-18-9-5-7-15(21-18)17-12-24(10-11-25-17)13-19-22-14-6-3-4-8-16(14)23(19)2/h3-9,17H,10-13H2,1-2H3,(H,20,21)/t17-/m1/s1. The van der Waals surface area contributed by atoms with Gasteiger partial charge < -0.3 is 14.6 Å². The SMILES string of the molecule is CNc1cccc([C@H]2CN(Cc3nc4ccccc4n3C)CCO2)n1. The number of imidazole rings is 1. The van der Waals surface area contributed by atoms with Crippen molar-refractivity contribution < 1.29 is 4.74 Å². The van der Waals surface area contributed by atoms with E-state index in [0.717, 1.165) is 42.5 Å². The van der Waals surface area contributed by atoms with Crippen molar-refractivity contribution in [2.24, 2.45) is 7.05 Å². The maximum Gasteiger partial charge on any atom is 0.126 e. The summed E-state index contributed by atoms with van der Waals surface area (Å²) < 4.78 is 8.14. The molecule has 0 aliphatic carbocycles. The van der Waals surface area contributed by atoms with Crippen LogP contribution in [0.3, 0.4) is 0 Å². The first-order chi connectivity index (χ1) is 12.2. The molecular weight excluding hydrogens is 314 g/mol. The Morgan fingerprint density at radius 3 is 2.88 bits per heavy atom. The molecule has 1 fully saturated rings. The van der Waals surface area contributed by atoms with E-state index in [1.165, 1.54) is 5.52 Å². The predicted molar refractivity (Wildman–Crippen MR) is 98.5 cm³/mol. The highest BCUT2D eigenvalue weighted by Gasteiger charge is 2.24. The van der Waals surface area contributed by atoms with Crippen molar-refractivity contribution in [1.29, 1.82) is 0 Å². The zero-order chi connectivity index (χ0) is 17.2. The number of anilines is 1. The second-order valence-electron chi connectivity index (χ2n) is 6.37. The van der Waals surface area contributed by atoms with Crippen molar-refractivity contribution in [3.63, 3.8) is 0 Å². The molecule has 0 spiro atoms. The number of morpholine rings is 1. The molecule has 4 rings (SSSR count). The lowest BCUT2D eigenvalue weighted by Crippen LogP contribution is -2.38. The molecule has 1 aromatic carbocycles. The molecule has 0 radical (unpaired) electrons. The second-order valence-corrected chi connectivity index (χ2v) is 6.37. The van der Waals surface area contributed by atoms with Crippen molar-refractivity contribution in [3.8, 4) is 0 Å². The summed E-state index contributed by atoms with van der Waals surface area (Å²) in [5.41, 5.74) is 3.19. The third kappa shape index (κ3) is 3.23. The summed E-state index contributed by atoms with van der Waals surface area (Å²) in [7, 11) is 3.96. The number of aromatic nitrogens is 3. The first-order valence-corrected chi connectivity index (χ1v) is 8.63. The molecule has 1 aliphatic rings. The lowest BCUT2D eigenvalue weighted by molar-refractivity contribution is -0.0358. The lowest BCUT2D eigenvalue weighted by atomic mass is 10.2. The maximum absolute atomic E-state index is 5.96. The Hall–Kier alpha value is -2.44. The zero-order valence-corrected chi connectivity index (χ0v) is 14.6. The van der Waals surface area contributed by atoms with Gasteiger partial charge in [-0.2, -0.15) is 0 Å². The molecule has 6 heteroatoms. The Bertz CT molecular complexity index is 875. The summed E-state index contributed by atoms with van der Waals surface area (Å²) in [6.45, 7) is 3.26. The van der Waals surface area contributed by atoms with E-state index in [1.807, 2.05) is 31.3 Å². The molecule has 3 heterocycles. The highest BCUT2D eigenvalue weighted by Crippen LogP contribution is 2.23. The van der Waals surface area contributed by atoms with E-state index in [4.69, 9.17) is 9.72 Å². The van der Waals surface area contributed by atoms with Gasteiger partial charge in [-0.05, 0) is 24.3 Å². The Morgan fingerprint density at radius 2 is 2.04 bits per heavy atom. The minimum atomic E-state index is -0.00302. The van der Waals surface area contributed by atoms with Crippen LogP contribution in [0.25, 0.3) is 11.0 Å². The summed E-state index contributed by atoms with van der Waals surface area (Å²) >= 11 is 0. The zero-order valence-electron chi connectivity index (χ0n) is 14.6. The fourth-order valence-electron chi connectivity index (χ4n) is 3.33. The van der Waals surface area contributed by atoms with E-state index in [2.05, 4.69) is 45.0 Å². The van der Waals surface area contributed by atoms with Crippen LogP contribution in [0, 0.1) is 0 Å². The van der Waals surface area contributed by atoms with Crippen molar-refractivity contribution in [3.05, 3.63) is 54.0 Å². The van der Waals surface area contributed by atoms with Crippen LogP contribution >= 0.6 is 0 Å². The van der Waals surface area contributed by atoms with Gasteiger partial charge in [-0.15, -0.1) is 0 Å². The van der Waals surface area contributed by atoms with Gasteiger partial charge in [-0.25, -0.2) is 9.97 Å². The molecule has 2 aromatic heterocycles. The second kappa shape index (κ2) is 6.82. The number of benzene rings is 1. The smallest absolute Gasteiger partial charge is 0.126 e. The van der Waals surface area contributed by atoms with Crippen LogP contribution in [0.5, 0.6) is 0 Å². The Morgan fingerprint density at radius 1 is 1.16 bits per heavy atom. The van der Waals surface area contributed by atoms with Crippen LogP contribution in [-0.4, -0.2) is 46.2 Å². The van der Waals surface area contributed by atoms with Gasteiger partial charge in [0.25, 0.3) is 0 Å². The molecule has 3 aromatic rings. The van der Waals surface area contributed by atoms with Crippen LogP contribution in [0.4, 0.5) is 5.82 Å². The number of pyridine rings is 1. The Balaban J connectivity index is 1.51. The number of para-hydroxylation sites is 2. The largest absolute Gasteiger partial charge is 0.373 e. The average molecular weight is 337 g/mol. The van der Waals surface area contributed by atoms with Gasteiger partial charge >= 0.3 is 0 Å². The molecule has 0 amide bonds. The van der Waals surface area contributed by atoms with Gasteiger partial charge in [0.2, 0.25) is 0 Å². The monoisotopic (exact) mass is 337 g/mol. The molecule has 130 valence electrons. The first kappa shape index (κ1) is 16.1. The van der Waals surface area contributed by atoms with Gasteiger partial charge in [0.05, 0.1) is 29.9 Å². The van der Waals surface area contributed by atoms with Gasteiger partial charge in [0, 0.05) is 27.2 Å². The van der Waals surface area contributed by atoms with Gasteiger partial charge in [0.1, 0.15) is 17.7 Å². The highest BCUT2D eigenvalue weighted by atomic mass is 16.5. The summed E-state index contributed by atoms with van der Waals surface area (Å²) in [4.78, 5) is 11.8. The van der Waals surface area contributed by atoms with Crippen molar-refractivity contribution in [2.45, 2.75) is 12.6 Å². The number of hydrogen-bond acceptors (Lipinski definition) is 5. The summed E-state index contributed by atoms with van der Waals surface area (Å²) in [6.07, 6.45) is -0.00302. The fourth-order valence-corrected chi connectivity index (χ4v) is 3.33. The number of nitrogens with zero attached hydrogens (tertiary/aromatic N) is 4. The van der Waals surface area contributed by atoms with Crippen LogP contribution in [-0.2, 0) is 18.3 Å². The number of fused-ring (bicyclic) bond motifs is 1. The minimum Gasteiger partial charge on any atom is -0.373 e. The van der Waals surface area contributed by atoms with E-state index in [9.17, 15) is 0 Å². The van der Waals surface area contributed by atoms with Crippen LogP contribution in [0.2, 0.25) is 0 Å². The molecule has 1 N–H and O–H groups in total. The Labute approximate surface area is 147 Å². The third-order valence-corrected chi connectivity index (χ3v) is 4.75. The average Bonchev–Trinajstić information content (AvgIpc) is 2.98. The highest BCUT2D eigenvalue weighted by molar-refractivity contribution is 5.75. The third-order valence-electron chi connectivity index (χ3n) is 4.75. The molecule has 0 bridgehead atoms. The van der Waals surface area contributed by atoms with E-state index < -0.39 is 0 Å². The molecule has 1 atom stereocenters. The molecule has 6 nitrogen and oxygen atoms in total. The Kier molecular flexibility index (Phi) is 4.38. The van der Waals surface area contributed by atoms with E-state index in [1.54, 1.807) is 0 Å². The van der Waals surface area contributed by atoms with Gasteiger partial charge in [0.15, 0.2) is 0 Å². The summed E-state index contributed by atoms with van der Waals surface area (Å²) in [5, 5.41) is 3.09. The lowest BCUT2D eigenvalue weighted by Gasteiger charge is -2.32. The van der Waals surface area contributed by atoms with E-state index >= 15 is 0 Å². The maximum atomic E-state index is 5.96. The number of aryl methyl sites for hydroxylation is 1. The first-order valence-electron chi connectivity index (χ1n) is 8.63. The molecule has 0 saturated carbocycles. The summed E-state index contributed by atoms with van der Waals surface area (Å²) in [6, 6.07) is 14.3. The molecule has 25 heavy (non-hydrogen) atoms. The number of nitrogens with one attached hydrogen (secondary N) is 1. The topological polar surface area (TPSA) is 55.2 Å². The van der Waals surface area contributed by atoms with E-state index in [-0.39, 0.29) is 6.10 Å². The minimum absolute atomic E-state index is 0.00302. The molecular formula is C19H23N5O. The van der Waals surface area contributed by atoms with Crippen LogP contribution < -0.4 is 5.32 Å². The van der Waals surface area contributed by atoms with Gasteiger partial charge in [-0.1, -0.05) is 18.2 Å². The van der Waals surface area contributed by atoms with Crippen LogP contribution in [0.15, 0.2) is 42.5 Å².